The van der Waals surface area contributed by atoms with E-state index in [-0.39, 0.29) is 24.7 Å². The molecule has 0 N–H and O–H groups in total. The van der Waals surface area contributed by atoms with Gasteiger partial charge in [-0.15, -0.1) is 0 Å². The van der Waals surface area contributed by atoms with E-state index in [0.29, 0.717) is 5.56 Å². The maximum atomic E-state index is 12.4. The van der Waals surface area contributed by atoms with Gasteiger partial charge in [0, 0.05) is 11.9 Å². The molecule has 0 heterocycles. The smallest absolute Gasteiger partial charge is 0.550 e. The Morgan fingerprint density at radius 1 is 1.38 bits per heavy atom. The molecule has 0 saturated carbocycles. The van der Waals surface area contributed by atoms with Gasteiger partial charge < -0.3 is 9.90 Å². The van der Waals surface area contributed by atoms with Crippen molar-refractivity contribution in [1.29, 1.82) is 0 Å². The Morgan fingerprint density at radius 3 is 2.23 bits per heavy atom. The number of hydrogen-bond acceptors (Lipinski definition) is 2. The fraction of sp³-hybridized carbons (Fsp3) is 0.222. The molecule has 0 aliphatic heterocycles. The second-order valence-corrected chi connectivity index (χ2v) is 2.59. The standard InChI is InChI=1S/C9H9FO2.Li/c1-6(9(11)12)7-2-4-8(10)5-3-7;/h2-6H,1H3,(H,11,12);/q;+1/p-1. The molecule has 0 radical (unpaired) electrons. The Balaban J connectivity index is 0.00000144. The Labute approximate surface area is 87.9 Å². The van der Waals surface area contributed by atoms with Crippen LogP contribution < -0.4 is 24.0 Å². The molecule has 0 amide bonds. The predicted octanol–water partition coefficient (Wildman–Crippen LogP) is -2.32. The molecule has 0 aromatic heterocycles. The van der Waals surface area contributed by atoms with E-state index in [2.05, 4.69) is 0 Å². The van der Waals surface area contributed by atoms with Crippen molar-refractivity contribution < 1.29 is 33.2 Å². The van der Waals surface area contributed by atoms with E-state index < -0.39 is 11.9 Å². The zero-order valence-corrected chi connectivity index (χ0v) is 7.58. The van der Waals surface area contributed by atoms with Crippen molar-refractivity contribution in [3.63, 3.8) is 0 Å². The van der Waals surface area contributed by atoms with Crippen LogP contribution in [-0.2, 0) is 4.79 Å². The number of carbonyl (C=O) groups is 1. The van der Waals surface area contributed by atoms with Crippen LogP contribution in [0.4, 0.5) is 4.39 Å². The summed E-state index contributed by atoms with van der Waals surface area (Å²) in [5.41, 5.74) is 0.552. The van der Waals surface area contributed by atoms with Crippen LogP contribution in [0.15, 0.2) is 24.3 Å². The summed E-state index contributed by atoms with van der Waals surface area (Å²) in [6, 6.07) is 5.34. The molecule has 0 spiro atoms. The second kappa shape index (κ2) is 5.06. The summed E-state index contributed by atoms with van der Waals surface area (Å²) < 4.78 is 12.4. The van der Waals surface area contributed by atoms with Crippen LogP contribution in [0.5, 0.6) is 0 Å². The molecule has 0 aliphatic rings. The number of benzene rings is 1. The average molecular weight is 174 g/mol. The van der Waals surface area contributed by atoms with Gasteiger partial charge in [0.1, 0.15) is 5.82 Å². The predicted molar refractivity (Wildman–Crippen MR) is 39.8 cm³/mol. The normalized spacial score (nSPS) is 11.5. The minimum absolute atomic E-state index is 0. The molecule has 1 aromatic carbocycles. The molecular formula is C9H8FLiO2. The molecule has 64 valence electrons. The number of rotatable bonds is 2. The molecule has 0 saturated heterocycles. The van der Waals surface area contributed by atoms with E-state index in [1.165, 1.54) is 31.2 Å². The van der Waals surface area contributed by atoms with Crippen LogP contribution in [0.25, 0.3) is 0 Å². The molecule has 1 rings (SSSR count). The van der Waals surface area contributed by atoms with E-state index in [9.17, 15) is 14.3 Å². The van der Waals surface area contributed by atoms with E-state index in [1.54, 1.807) is 0 Å². The summed E-state index contributed by atoms with van der Waals surface area (Å²) in [5.74, 6) is -2.21. The van der Waals surface area contributed by atoms with Gasteiger partial charge in [-0.05, 0) is 17.7 Å². The monoisotopic (exact) mass is 174 g/mol. The molecule has 0 aliphatic carbocycles. The maximum absolute atomic E-state index is 12.4. The van der Waals surface area contributed by atoms with Crippen molar-refractivity contribution in [3.8, 4) is 0 Å². The first-order chi connectivity index (χ1) is 5.61. The molecule has 13 heavy (non-hydrogen) atoms. The zero-order chi connectivity index (χ0) is 9.14. The molecule has 0 bridgehead atoms. The minimum atomic E-state index is -1.15. The molecular weight excluding hydrogens is 166 g/mol. The molecule has 2 nitrogen and oxygen atoms in total. The van der Waals surface area contributed by atoms with Crippen LogP contribution in [0.3, 0.4) is 0 Å². The van der Waals surface area contributed by atoms with Gasteiger partial charge in [0.15, 0.2) is 0 Å². The number of carboxylic acids is 1. The van der Waals surface area contributed by atoms with Gasteiger partial charge >= 0.3 is 18.9 Å². The Hall–Kier alpha value is -0.783. The van der Waals surface area contributed by atoms with E-state index >= 15 is 0 Å². The summed E-state index contributed by atoms with van der Waals surface area (Å²) >= 11 is 0. The van der Waals surface area contributed by atoms with Gasteiger partial charge in [-0.2, -0.15) is 0 Å². The maximum Gasteiger partial charge on any atom is 1.00 e. The van der Waals surface area contributed by atoms with E-state index in [0.717, 1.165) is 0 Å². The van der Waals surface area contributed by atoms with Crippen LogP contribution in [0.2, 0.25) is 0 Å². The number of carbonyl (C=O) groups excluding carboxylic acids is 1. The Bertz CT molecular complexity index is 284. The summed E-state index contributed by atoms with van der Waals surface area (Å²) in [5, 5.41) is 10.4. The van der Waals surface area contributed by atoms with Crippen molar-refractivity contribution >= 4 is 5.97 Å². The van der Waals surface area contributed by atoms with Crippen LogP contribution in [0.1, 0.15) is 18.4 Å². The fourth-order valence-corrected chi connectivity index (χ4v) is 0.888. The van der Waals surface area contributed by atoms with Crippen LogP contribution in [-0.4, -0.2) is 5.97 Å². The third-order valence-corrected chi connectivity index (χ3v) is 1.72. The number of hydrogen-bond donors (Lipinski definition) is 0. The first-order valence-electron chi connectivity index (χ1n) is 3.57. The molecule has 1 aromatic rings. The largest absolute Gasteiger partial charge is 1.00 e. The molecule has 4 heteroatoms. The Morgan fingerprint density at radius 2 is 1.85 bits per heavy atom. The van der Waals surface area contributed by atoms with Gasteiger partial charge in [-0.3, -0.25) is 0 Å². The molecule has 1 unspecified atom stereocenters. The third kappa shape index (κ3) is 3.21. The summed E-state index contributed by atoms with van der Waals surface area (Å²) in [6.07, 6.45) is 0. The summed E-state index contributed by atoms with van der Waals surface area (Å²) in [4.78, 5) is 10.4. The first kappa shape index (κ1) is 12.2. The topological polar surface area (TPSA) is 40.1 Å². The summed E-state index contributed by atoms with van der Waals surface area (Å²) in [6.45, 7) is 1.50. The van der Waals surface area contributed by atoms with Crippen molar-refractivity contribution in [3.05, 3.63) is 35.6 Å². The van der Waals surface area contributed by atoms with Crippen molar-refractivity contribution in [1.82, 2.24) is 0 Å². The number of carboxylic acid groups (broad SMARTS) is 1. The number of aliphatic carboxylic acids is 1. The van der Waals surface area contributed by atoms with Gasteiger partial charge in [0.2, 0.25) is 0 Å². The molecule has 0 fully saturated rings. The van der Waals surface area contributed by atoms with Gasteiger partial charge in [0.05, 0.1) is 0 Å². The number of halogens is 1. The molecule has 1 atom stereocenters. The third-order valence-electron chi connectivity index (χ3n) is 1.72. The van der Waals surface area contributed by atoms with Gasteiger partial charge in [0.25, 0.3) is 0 Å². The van der Waals surface area contributed by atoms with Crippen molar-refractivity contribution in [2.24, 2.45) is 0 Å². The zero-order valence-electron chi connectivity index (χ0n) is 7.58. The van der Waals surface area contributed by atoms with Crippen LogP contribution in [0, 0.1) is 5.82 Å². The minimum Gasteiger partial charge on any atom is -0.550 e. The van der Waals surface area contributed by atoms with Crippen molar-refractivity contribution in [2.75, 3.05) is 0 Å². The fourth-order valence-electron chi connectivity index (χ4n) is 0.888. The first-order valence-corrected chi connectivity index (χ1v) is 3.57. The second-order valence-electron chi connectivity index (χ2n) is 2.59. The van der Waals surface area contributed by atoms with E-state index in [1.807, 2.05) is 0 Å². The average Bonchev–Trinajstić information content (AvgIpc) is 2.04. The van der Waals surface area contributed by atoms with E-state index in [4.69, 9.17) is 0 Å². The van der Waals surface area contributed by atoms with Gasteiger partial charge in [-0.1, -0.05) is 19.1 Å². The quantitative estimate of drug-likeness (QED) is 0.472. The SMILES string of the molecule is CC(C(=O)[O-])c1ccc(F)cc1.[Li+]. The van der Waals surface area contributed by atoms with Crippen molar-refractivity contribution in [2.45, 2.75) is 12.8 Å². The van der Waals surface area contributed by atoms with Crippen LogP contribution >= 0.6 is 0 Å². The van der Waals surface area contributed by atoms with Gasteiger partial charge in [-0.25, -0.2) is 4.39 Å². The Kier molecular flexibility index (Phi) is 4.75. The summed E-state index contributed by atoms with van der Waals surface area (Å²) in [7, 11) is 0.